The molecule has 0 aliphatic carbocycles. The number of aryl methyl sites for hydroxylation is 2. The molecule has 1 aromatic heterocycles. The van der Waals surface area contributed by atoms with E-state index in [0.717, 1.165) is 11.1 Å². The van der Waals surface area contributed by atoms with Gasteiger partial charge in [-0.2, -0.15) is 0 Å². The minimum atomic E-state index is -0.499. The van der Waals surface area contributed by atoms with Crippen LogP contribution in [0.5, 0.6) is 0 Å². The van der Waals surface area contributed by atoms with Crippen molar-refractivity contribution in [2.45, 2.75) is 33.4 Å². The van der Waals surface area contributed by atoms with E-state index < -0.39 is 5.69 Å². The van der Waals surface area contributed by atoms with Gasteiger partial charge in [0.25, 0.3) is 5.56 Å². The first-order valence-electron chi connectivity index (χ1n) is 9.51. The van der Waals surface area contributed by atoms with Gasteiger partial charge in [-0.1, -0.05) is 24.3 Å². The lowest BCUT2D eigenvalue weighted by molar-refractivity contribution is -0.116. The molecule has 152 valence electrons. The van der Waals surface area contributed by atoms with Crippen molar-refractivity contribution in [1.82, 2.24) is 9.13 Å². The number of hydrogen-bond donors (Lipinski definition) is 1. The molecule has 0 bridgehead atoms. The second kappa shape index (κ2) is 8.87. The monoisotopic (exact) mass is 395 g/mol. The lowest BCUT2D eigenvalue weighted by Gasteiger charge is -2.15. The topological polar surface area (TPSA) is 82.3 Å². The molecule has 3 aromatic rings. The summed E-state index contributed by atoms with van der Waals surface area (Å²) in [6, 6.07) is 12.6. The van der Waals surface area contributed by atoms with Crippen LogP contribution in [-0.4, -0.2) is 28.8 Å². The largest absolute Gasteiger partial charge is 0.385 e. The first-order valence-corrected chi connectivity index (χ1v) is 9.51. The highest BCUT2D eigenvalue weighted by atomic mass is 16.5. The molecular weight excluding hydrogens is 370 g/mol. The third-order valence-electron chi connectivity index (χ3n) is 4.83. The first-order chi connectivity index (χ1) is 13.9. The van der Waals surface area contributed by atoms with E-state index in [4.69, 9.17) is 4.74 Å². The van der Waals surface area contributed by atoms with Crippen molar-refractivity contribution in [2.24, 2.45) is 0 Å². The third-order valence-corrected chi connectivity index (χ3v) is 4.83. The lowest BCUT2D eigenvalue weighted by atomic mass is 10.1. The van der Waals surface area contributed by atoms with Crippen molar-refractivity contribution in [3.8, 4) is 0 Å². The van der Waals surface area contributed by atoms with Gasteiger partial charge in [0, 0.05) is 25.9 Å². The number of hydrogen-bond acceptors (Lipinski definition) is 4. The Kier molecular flexibility index (Phi) is 6.29. The first kappa shape index (κ1) is 20.5. The van der Waals surface area contributed by atoms with Crippen molar-refractivity contribution in [1.29, 1.82) is 0 Å². The molecule has 1 N–H and O–H groups in total. The van der Waals surface area contributed by atoms with E-state index in [1.54, 1.807) is 31.4 Å². The van der Waals surface area contributed by atoms with Crippen LogP contribution in [0.3, 0.4) is 0 Å². The van der Waals surface area contributed by atoms with Crippen LogP contribution in [0.15, 0.2) is 52.1 Å². The lowest BCUT2D eigenvalue weighted by Crippen LogP contribution is -2.42. The number of fused-ring (bicyclic) bond motifs is 1. The van der Waals surface area contributed by atoms with Crippen LogP contribution in [0, 0.1) is 13.8 Å². The van der Waals surface area contributed by atoms with Crippen LogP contribution < -0.4 is 16.6 Å². The number of aromatic nitrogens is 2. The number of ether oxygens (including phenoxy) is 1. The number of benzene rings is 2. The highest BCUT2D eigenvalue weighted by Crippen LogP contribution is 2.16. The van der Waals surface area contributed by atoms with Crippen LogP contribution in [-0.2, 0) is 22.6 Å². The average molecular weight is 395 g/mol. The number of methoxy groups -OCH3 is 1. The van der Waals surface area contributed by atoms with Crippen LogP contribution in [0.2, 0.25) is 0 Å². The summed E-state index contributed by atoms with van der Waals surface area (Å²) >= 11 is 0. The number of para-hydroxylation sites is 1. The quantitative estimate of drug-likeness (QED) is 0.623. The van der Waals surface area contributed by atoms with Crippen LogP contribution in [0.1, 0.15) is 17.5 Å². The van der Waals surface area contributed by atoms with Crippen LogP contribution in [0.25, 0.3) is 10.9 Å². The molecule has 7 nitrogen and oxygen atoms in total. The smallest absolute Gasteiger partial charge is 0.331 e. The van der Waals surface area contributed by atoms with Crippen molar-refractivity contribution in [2.75, 3.05) is 19.0 Å². The summed E-state index contributed by atoms with van der Waals surface area (Å²) < 4.78 is 7.55. The van der Waals surface area contributed by atoms with Crippen LogP contribution >= 0.6 is 0 Å². The number of anilines is 1. The highest BCUT2D eigenvalue weighted by molar-refractivity contribution is 5.92. The van der Waals surface area contributed by atoms with Crippen molar-refractivity contribution < 1.29 is 9.53 Å². The van der Waals surface area contributed by atoms with E-state index in [2.05, 4.69) is 5.32 Å². The second-order valence-corrected chi connectivity index (χ2v) is 7.06. The second-order valence-electron chi connectivity index (χ2n) is 7.06. The Balaban J connectivity index is 1.99. The molecule has 1 heterocycles. The summed E-state index contributed by atoms with van der Waals surface area (Å²) in [5, 5.41) is 3.28. The van der Waals surface area contributed by atoms with Gasteiger partial charge in [-0.05, 0) is 49.6 Å². The predicted octanol–water partition coefficient (Wildman–Crippen LogP) is 2.46. The molecule has 2 aromatic carbocycles. The van der Waals surface area contributed by atoms with E-state index in [1.165, 1.54) is 9.13 Å². The van der Waals surface area contributed by atoms with Gasteiger partial charge in [0.15, 0.2) is 0 Å². The molecule has 0 saturated heterocycles. The molecule has 0 radical (unpaired) electrons. The number of nitrogens with zero attached hydrogens (tertiary/aromatic N) is 2. The summed E-state index contributed by atoms with van der Waals surface area (Å²) in [5.41, 5.74) is 2.27. The van der Waals surface area contributed by atoms with Crippen LogP contribution in [0.4, 0.5) is 5.69 Å². The molecule has 1 amide bonds. The van der Waals surface area contributed by atoms with Crippen molar-refractivity contribution in [3.63, 3.8) is 0 Å². The summed E-state index contributed by atoms with van der Waals surface area (Å²) in [4.78, 5) is 38.5. The third kappa shape index (κ3) is 4.46. The molecule has 0 fully saturated rings. The van der Waals surface area contributed by atoms with Gasteiger partial charge in [0.1, 0.15) is 6.54 Å². The van der Waals surface area contributed by atoms with E-state index in [0.29, 0.717) is 29.6 Å². The number of rotatable bonds is 7. The number of carbonyl (C=O) groups is 1. The fourth-order valence-electron chi connectivity index (χ4n) is 3.29. The highest BCUT2D eigenvalue weighted by Gasteiger charge is 2.15. The normalized spacial score (nSPS) is 11.0. The van der Waals surface area contributed by atoms with Gasteiger partial charge in [-0.3, -0.25) is 18.7 Å². The van der Waals surface area contributed by atoms with Crippen molar-refractivity contribution >= 4 is 22.5 Å². The average Bonchev–Trinajstić information content (AvgIpc) is 2.70. The van der Waals surface area contributed by atoms with E-state index in [9.17, 15) is 14.4 Å². The molecule has 7 heteroatoms. The zero-order valence-electron chi connectivity index (χ0n) is 16.9. The zero-order chi connectivity index (χ0) is 21.0. The molecule has 0 unspecified atom stereocenters. The number of nitrogens with one attached hydrogen (secondary N) is 1. The van der Waals surface area contributed by atoms with Gasteiger partial charge < -0.3 is 10.1 Å². The molecule has 29 heavy (non-hydrogen) atoms. The standard InChI is InChI=1S/C22H25N3O4/c1-15-9-10-16(2)18(13-15)23-20(26)14-25-19-8-5-4-7-17(19)21(27)24(22(25)28)11-6-12-29-3/h4-5,7-10,13H,6,11-12,14H2,1-3H3,(H,23,26). The minimum absolute atomic E-state index is 0.183. The maximum atomic E-state index is 13.0. The summed E-state index contributed by atoms with van der Waals surface area (Å²) in [5.74, 6) is -0.326. The molecule has 0 spiro atoms. The number of carbonyl (C=O) groups excluding carboxylic acids is 1. The summed E-state index contributed by atoms with van der Waals surface area (Å²) in [6.07, 6.45) is 0.526. The zero-order valence-corrected chi connectivity index (χ0v) is 16.9. The Morgan fingerprint density at radius 3 is 2.59 bits per heavy atom. The van der Waals surface area contributed by atoms with Gasteiger partial charge in [0.2, 0.25) is 5.91 Å². The Bertz CT molecular complexity index is 1160. The maximum absolute atomic E-state index is 13.0. The molecule has 0 atom stereocenters. The number of amides is 1. The summed E-state index contributed by atoms with van der Waals surface area (Å²) in [6.45, 7) is 4.34. The van der Waals surface area contributed by atoms with E-state index in [1.807, 2.05) is 32.0 Å². The predicted molar refractivity (Wildman–Crippen MR) is 114 cm³/mol. The minimum Gasteiger partial charge on any atom is -0.385 e. The summed E-state index contributed by atoms with van der Waals surface area (Å²) in [7, 11) is 1.57. The molecule has 0 aliphatic heterocycles. The Labute approximate surface area is 168 Å². The van der Waals surface area contributed by atoms with Gasteiger partial charge in [-0.15, -0.1) is 0 Å². The van der Waals surface area contributed by atoms with Gasteiger partial charge in [-0.25, -0.2) is 4.79 Å². The van der Waals surface area contributed by atoms with Gasteiger partial charge in [0.05, 0.1) is 10.9 Å². The Morgan fingerprint density at radius 1 is 1.07 bits per heavy atom. The molecule has 3 rings (SSSR count). The Morgan fingerprint density at radius 2 is 1.83 bits per heavy atom. The SMILES string of the molecule is COCCCn1c(=O)c2ccccc2n(CC(=O)Nc2cc(C)ccc2C)c1=O. The molecule has 0 aliphatic rings. The van der Waals surface area contributed by atoms with E-state index >= 15 is 0 Å². The van der Waals surface area contributed by atoms with Gasteiger partial charge >= 0.3 is 5.69 Å². The fourth-order valence-corrected chi connectivity index (χ4v) is 3.29. The van der Waals surface area contributed by atoms with E-state index in [-0.39, 0.29) is 24.6 Å². The Hall–Kier alpha value is -3.19. The molecule has 0 saturated carbocycles. The van der Waals surface area contributed by atoms with Crippen molar-refractivity contribution in [3.05, 3.63) is 74.4 Å². The fraction of sp³-hybridized carbons (Fsp3) is 0.318. The maximum Gasteiger partial charge on any atom is 0.331 e. The molecular formula is C22H25N3O4.